The monoisotopic (exact) mass is 240 g/mol. The first-order chi connectivity index (χ1) is 8.09. The van der Waals surface area contributed by atoms with Crippen LogP contribution >= 0.6 is 0 Å². The molecule has 2 fully saturated rings. The lowest BCUT2D eigenvalue weighted by Crippen LogP contribution is -2.62. The quantitative estimate of drug-likeness (QED) is 0.665. The van der Waals surface area contributed by atoms with E-state index in [-0.39, 0.29) is 11.9 Å². The van der Waals surface area contributed by atoms with E-state index in [0.717, 1.165) is 32.5 Å². The zero-order valence-corrected chi connectivity index (χ0v) is 10.9. The maximum absolute atomic E-state index is 11.5. The van der Waals surface area contributed by atoms with Crippen molar-refractivity contribution in [2.45, 2.75) is 37.9 Å². The van der Waals surface area contributed by atoms with E-state index in [1.54, 1.807) is 0 Å². The van der Waals surface area contributed by atoms with E-state index in [1.807, 2.05) is 0 Å². The summed E-state index contributed by atoms with van der Waals surface area (Å²) in [6.07, 6.45) is 2.28. The summed E-state index contributed by atoms with van der Waals surface area (Å²) in [7, 11) is 2.17. The van der Waals surface area contributed by atoms with E-state index in [4.69, 9.17) is 5.73 Å². The van der Waals surface area contributed by atoms with Gasteiger partial charge in [0.1, 0.15) is 6.04 Å². The highest BCUT2D eigenvalue weighted by molar-refractivity contribution is 5.80. The normalized spacial score (nSPS) is 36.9. The van der Waals surface area contributed by atoms with Gasteiger partial charge < -0.3 is 16.0 Å². The standard InChI is InChI=1S/C12H24N4O/c1-9-7-10(3-5-15(9)2)16-6-4-14-8-11(16)12(13)17/h9-11,14H,3-8H2,1-2H3,(H2,13,17). The Balaban J connectivity index is 2.01. The van der Waals surface area contributed by atoms with Crippen LogP contribution in [-0.4, -0.2) is 67.1 Å². The molecule has 3 atom stereocenters. The second-order valence-electron chi connectivity index (χ2n) is 5.37. The predicted molar refractivity (Wildman–Crippen MR) is 67.7 cm³/mol. The number of primary amides is 1. The Kier molecular flexibility index (Phi) is 4.01. The van der Waals surface area contributed by atoms with Crippen molar-refractivity contribution >= 4 is 5.91 Å². The van der Waals surface area contributed by atoms with Crippen molar-refractivity contribution in [3.05, 3.63) is 0 Å². The number of carbonyl (C=O) groups is 1. The summed E-state index contributed by atoms with van der Waals surface area (Å²) in [6, 6.07) is 0.988. The lowest BCUT2D eigenvalue weighted by molar-refractivity contribution is -0.125. The summed E-state index contributed by atoms with van der Waals surface area (Å²) in [5, 5.41) is 3.25. The van der Waals surface area contributed by atoms with Gasteiger partial charge in [-0.3, -0.25) is 9.69 Å². The van der Waals surface area contributed by atoms with E-state index in [0.29, 0.717) is 18.6 Å². The van der Waals surface area contributed by atoms with Gasteiger partial charge >= 0.3 is 0 Å². The van der Waals surface area contributed by atoms with Crippen molar-refractivity contribution < 1.29 is 4.79 Å². The molecular weight excluding hydrogens is 216 g/mol. The molecule has 2 heterocycles. The molecule has 0 radical (unpaired) electrons. The van der Waals surface area contributed by atoms with Crippen LogP contribution in [0.4, 0.5) is 0 Å². The Hall–Kier alpha value is -0.650. The predicted octanol–water partition coefficient (Wildman–Crippen LogP) is -0.772. The number of hydrogen-bond acceptors (Lipinski definition) is 4. The number of piperidine rings is 1. The maximum atomic E-state index is 11.5. The minimum atomic E-state index is -0.191. The SMILES string of the molecule is CC1CC(N2CCNCC2C(N)=O)CCN1C. The van der Waals surface area contributed by atoms with Gasteiger partial charge in [0.25, 0.3) is 0 Å². The lowest BCUT2D eigenvalue weighted by Gasteiger charge is -2.45. The highest BCUT2D eigenvalue weighted by atomic mass is 16.1. The van der Waals surface area contributed by atoms with Crippen molar-refractivity contribution in [1.82, 2.24) is 15.1 Å². The van der Waals surface area contributed by atoms with Gasteiger partial charge in [0.05, 0.1) is 0 Å². The molecule has 5 heteroatoms. The first kappa shape index (κ1) is 12.8. The van der Waals surface area contributed by atoms with Gasteiger partial charge in [-0.2, -0.15) is 0 Å². The van der Waals surface area contributed by atoms with Crippen molar-refractivity contribution in [2.24, 2.45) is 5.73 Å². The average molecular weight is 240 g/mol. The number of nitrogens with one attached hydrogen (secondary N) is 1. The second-order valence-corrected chi connectivity index (χ2v) is 5.37. The largest absolute Gasteiger partial charge is 0.368 e. The molecule has 5 nitrogen and oxygen atoms in total. The molecule has 0 spiro atoms. The molecule has 3 unspecified atom stereocenters. The Bertz CT molecular complexity index is 284. The molecule has 2 aliphatic heterocycles. The molecule has 0 bridgehead atoms. The van der Waals surface area contributed by atoms with Crippen LogP contribution in [0.3, 0.4) is 0 Å². The molecule has 17 heavy (non-hydrogen) atoms. The smallest absolute Gasteiger partial charge is 0.236 e. The first-order valence-electron chi connectivity index (χ1n) is 6.55. The second kappa shape index (κ2) is 5.33. The van der Waals surface area contributed by atoms with Crippen LogP contribution in [0.25, 0.3) is 0 Å². The number of likely N-dealkylation sites (tertiary alicyclic amines) is 1. The summed E-state index contributed by atoms with van der Waals surface area (Å²) in [5.74, 6) is -0.191. The van der Waals surface area contributed by atoms with Crippen molar-refractivity contribution in [3.8, 4) is 0 Å². The molecule has 2 saturated heterocycles. The Morgan fingerprint density at radius 2 is 2.18 bits per heavy atom. The summed E-state index contributed by atoms with van der Waals surface area (Å²) in [6.45, 7) is 5.98. The lowest BCUT2D eigenvalue weighted by atomic mass is 9.95. The molecule has 0 aliphatic carbocycles. The van der Waals surface area contributed by atoms with Crippen LogP contribution in [0.5, 0.6) is 0 Å². The van der Waals surface area contributed by atoms with E-state index in [1.165, 1.54) is 0 Å². The number of hydrogen-bond donors (Lipinski definition) is 2. The number of carbonyl (C=O) groups excluding carboxylic acids is 1. The molecule has 0 aromatic carbocycles. The van der Waals surface area contributed by atoms with E-state index in [9.17, 15) is 4.79 Å². The number of nitrogens with two attached hydrogens (primary N) is 1. The molecule has 2 rings (SSSR count). The van der Waals surface area contributed by atoms with Crippen LogP contribution in [0, 0.1) is 0 Å². The first-order valence-corrected chi connectivity index (χ1v) is 6.55. The fourth-order valence-electron chi connectivity index (χ4n) is 2.99. The summed E-state index contributed by atoms with van der Waals surface area (Å²) in [5.41, 5.74) is 5.50. The Morgan fingerprint density at radius 1 is 1.41 bits per heavy atom. The molecule has 98 valence electrons. The number of piperazine rings is 1. The molecule has 0 aromatic rings. The molecule has 0 saturated carbocycles. The van der Waals surface area contributed by atoms with Crippen LogP contribution in [0.15, 0.2) is 0 Å². The van der Waals surface area contributed by atoms with Gasteiger partial charge in [-0.05, 0) is 33.4 Å². The molecule has 1 amide bonds. The third-order valence-electron chi connectivity index (χ3n) is 4.26. The molecule has 2 aliphatic rings. The molecule has 3 N–H and O–H groups in total. The van der Waals surface area contributed by atoms with Gasteiger partial charge in [-0.25, -0.2) is 0 Å². The molecular formula is C12H24N4O. The minimum absolute atomic E-state index is 0.121. The van der Waals surface area contributed by atoms with Crippen molar-refractivity contribution in [3.63, 3.8) is 0 Å². The van der Waals surface area contributed by atoms with Crippen molar-refractivity contribution in [1.29, 1.82) is 0 Å². The van der Waals surface area contributed by atoms with Gasteiger partial charge in [0, 0.05) is 31.7 Å². The third-order valence-corrected chi connectivity index (χ3v) is 4.26. The summed E-state index contributed by atoms with van der Waals surface area (Å²) >= 11 is 0. The van der Waals surface area contributed by atoms with Gasteiger partial charge in [0.2, 0.25) is 5.91 Å². The fourth-order valence-corrected chi connectivity index (χ4v) is 2.99. The number of rotatable bonds is 2. The Morgan fingerprint density at radius 3 is 2.82 bits per heavy atom. The molecule has 0 aromatic heterocycles. The van der Waals surface area contributed by atoms with Crippen LogP contribution < -0.4 is 11.1 Å². The van der Waals surface area contributed by atoms with E-state index < -0.39 is 0 Å². The average Bonchev–Trinajstić information content (AvgIpc) is 2.32. The maximum Gasteiger partial charge on any atom is 0.236 e. The fraction of sp³-hybridized carbons (Fsp3) is 0.917. The summed E-state index contributed by atoms with van der Waals surface area (Å²) < 4.78 is 0. The van der Waals surface area contributed by atoms with E-state index >= 15 is 0 Å². The van der Waals surface area contributed by atoms with Crippen LogP contribution in [-0.2, 0) is 4.79 Å². The third kappa shape index (κ3) is 2.78. The van der Waals surface area contributed by atoms with Crippen molar-refractivity contribution in [2.75, 3.05) is 33.2 Å². The Labute approximate surface area is 103 Å². The van der Waals surface area contributed by atoms with E-state index in [2.05, 4.69) is 29.1 Å². The highest BCUT2D eigenvalue weighted by Crippen LogP contribution is 2.22. The van der Waals surface area contributed by atoms with Gasteiger partial charge in [-0.15, -0.1) is 0 Å². The highest BCUT2D eigenvalue weighted by Gasteiger charge is 2.35. The van der Waals surface area contributed by atoms with Gasteiger partial charge in [-0.1, -0.05) is 0 Å². The summed E-state index contributed by atoms with van der Waals surface area (Å²) in [4.78, 5) is 16.2. The number of amides is 1. The van der Waals surface area contributed by atoms with Gasteiger partial charge in [0.15, 0.2) is 0 Å². The van der Waals surface area contributed by atoms with Crippen LogP contribution in [0.1, 0.15) is 19.8 Å². The number of nitrogens with zero attached hydrogens (tertiary/aromatic N) is 2. The zero-order chi connectivity index (χ0) is 12.4. The zero-order valence-electron chi connectivity index (χ0n) is 10.9. The minimum Gasteiger partial charge on any atom is -0.368 e. The topological polar surface area (TPSA) is 61.6 Å². The van der Waals surface area contributed by atoms with Crippen LogP contribution in [0.2, 0.25) is 0 Å².